The number of benzene rings is 2. The highest BCUT2D eigenvalue weighted by molar-refractivity contribution is 7.92. The highest BCUT2D eigenvalue weighted by Crippen LogP contribution is 2.35. The molecule has 3 rings (SSSR count). The van der Waals surface area contributed by atoms with E-state index in [2.05, 4.69) is 0 Å². The number of nitrogens with zero attached hydrogens (tertiary/aromatic N) is 3. The molecule has 0 unspecified atom stereocenters. The number of carbonyl (C=O) groups excluding carboxylic acids is 2. The zero-order chi connectivity index (χ0) is 22.6. The topological polar surface area (TPSA) is 87.2 Å². The molecular weight excluding hydrogens is 442 g/mol. The van der Waals surface area contributed by atoms with Gasteiger partial charge in [-0.15, -0.1) is 0 Å². The molecule has 0 bridgehead atoms. The summed E-state index contributed by atoms with van der Waals surface area (Å²) in [5, 5.41) is 0.312. The average molecular weight is 466 g/mol. The molecule has 1 aliphatic rings. The quantitative estimate of drug-likeness (QED) is 0.585. The van der Waals surface area contributed by atoms with Gasteiger partial charge in [-0.2, -0.15) is 0 Å². The standard InChI is InChI=1S/C21H24ClN3O5S/c1-16-3-6-18(7-4-16)31(28,29)25(19-13-17(22)5-8-20(19)30-2)14-21(27)24-11-9-23(15-26)10-12-24/h3-8,13,15H,9-12,14H2,1-2H3. The molecule has 0 saturated carbocycles. The van der Waals surface area contributed by atoms with Crippen LogP contribution in [0.2, 0.25) is 5.02 Å². The number of hydrogen-bond donors (Lipinski definition) is 0. The summed E-state index contributed by atoms with van der Waals surface area (Å²) in [4.78, 5) is 27.1. The van der Waals surface area contributed by atoms with E-state index in [0.29, 0.717) is 31.2 Å². The van der Waals surface area contributed by atoms with Crippen LogP contribution in [0.4, 0.5) is 5.69 Å². The molecule has 1 fully saturated rings. The van der Waals surface area contributed by atoms with Crippen LogP contribution in [-0.2, 0) is 19.6 Å². The highest BCUT2D eigenvalue weighted by atomic mass is 35.5. The summed E-state index contributed by atoms with van der Waals surface area (Å²) in [6.45, 7) is 2.91. The largest absolute Gasteiger partial charge is 0.495 e. The predicted molar refractivity (Wildman–Crippen MR) is 118 cm³/mol. The van der Waals surface area contributed by atoms with Crippen molar-refractivity contribution in [3.05, 3.63) is 53.1 Å². The molecule has 2 amide bonds. The Bertz CT molecular complexity index is 1050. The zero-order valence-electron chi connectivity index (χ0n) is 17.3. The molecule has 1 heterocycles. The number of methoxy groups -OCH3 is 1. The van der Waals surface area contributed by atoms with Crippen molar-refractivity contribution in [3.8, 4) is 5.75 Å². The monoisotopic (exact) mass is 465 g/mol. The van der Waals surface area contributed by atoms with E-state index in [4.69, 9.17) is 16.3 Å². The van der Waals surface area contributed by atoms with E-state index in [1.54, 1.807) is 34.1 Å². The molecule has 8 nitrogen and oxygen atoms in total. The number of halogens is 1. The van der Waals surface area contributed by atoms with Gasteiger partial charge in [0.05, 0.1) is 17.7 Å². The van der Waals surface area contributed by atoms with Crippen LogP contribution in [0.5, 0.6) is 5.75 Å². The summed E-state index contributed by atoms with van der Waals surface area (Å²) in [6.07, 6.45) is 0.743. The van der Waals surface area contributed by atoms with Gasteiger partial charge >= 0.3 is 0 Å². The summed E-state index contributed by atoms with van der Waals surface area (Å²) in [5.74, 6) is -0.0954. The molecule has 2 aromatic rings. The number of piperazine rings is 1. The Morgan fingerprint density at radius 1 is 1.13 bits per heavy atom. The van der Waals surface area contributed by atoms with E-state index >= 15 is 0 Å². The van der Waals surface area contributed by atoms with Crippen molar-refractivity contribution in [2.75, 3.05) is 44.1 Å². The molecule has 0 spiro atoms. The van der Waals surface area contributed by atoms with Crippen molar-refractivity contribution in [2.24, 2.45) is 0 Å². The van der Waals surface area contributed by atoms with E-state index < -0.39 is 16.6 Å². The maximum atomic E-state index is 13.5. The van der Waals surface area contributed by atoms with Gasteiger partial charge < -0.3 is 14.5 Å². The van der Waals surface area contributed by atoms with Crippen LogP contribution in [0.25, 0.3) is 0 Å². The summed E-state index contributed by atoms with van der Waals surface area (Å²) in [5.41, 5.74) is 1.09. The second-order valence-electron chi connectivity index (χ2n) is 7.16. The molecule has 1 saturated heterocycles. The number of rotatable bonds is 7. The lowest BCUT2D eigenvalue weighted by molar-refractivity contribution is -0.133. The van der Waals surface area contributed by atoms with Gasteiger partial charge in [0.1, 0.15) is 12.3 Å². The number of amides is 2. The second-order valence-corrected chi connectivity index (χ2v) is 9.46. The Kier molecular flexibility index (Phi) is 7.07. The van der Waals surface area contributed by atoms with Crippen LogP contribution in [0.3, 0.4) is 0 Å². The van der Waals surface area contributed by atoms with E-state index in [1.807, 2.05) is 6.92 Å². The van der Waals surface area contributed by atoms with Gasteiger partial charge in [-0.1, -0.05) is 29.3 Å². The van der Waals surface area contributed by atoms with Gasteiger partial charge in [0, 0.05) is 31.2 Å². The van der Waals surface area contributed by atoms with Crippen LogP contribution in [0.1, 0.15) is 5.56 Å². The van der Waals surface area contributed by atoms with Gasteiger partial charge in [-0.05, 0) is 37.3 Å². The Balaban J connectivity index is 1.99. The van der Waals surface area contributed by atoms with Gasteiger partial charge in [0.2, 0.25) is 12.3 Å². The van der Waals surface area contributed by atoms with Crippen molar-refractivity contribution in [3.63, 3.8) is 0 Å². The number of hydrogen-bond acceptors (Lipinski definition) is 5. The minimum absolute atomic E-state index is 0.0544. The first-order valence-corrected chi connectivity index (χ1v) is 11.5. The van der Waals surface area contributed by atoms with Crippen LogP contribution in [-0.4, -0.2) is 70.4 Å². The van der Waals surface area contributed by atoms with Crippen molar-refractivity contribution in [1.82, 2.24) is 9.80 Å². The van der Waals surface area contributed by atoms with Crippen LogP contribution >= 0.6 is 11.6 Å². The Morgan fingerprint density at radius 2 is 1.77 bits per heavy atom. The molecule has 0 N–H and O–H groups in total. The third-order valence-electron chi connectivity index (χ3n) is 5.11. The van der Waals surface area contributed by atoms with Crippen LogP contribution in [0.15, 0.2) is 47.4 Å². The average Bonchev–Trinajstić information content (AvgIpc) is 2.77. The molecule has 0 radical (unpaired) electrons. The molecule has 1 aliphatic heterocycles. The fourth-order valence-corrected chi connectivity index (χ4v) is 4.88. The third kappa shape index (κ3) is 5.11. The highest BCUT2D eigenvalue weighted by Gasteiger charge is 2.32. The van der Waals surface area contributed by atoms with E-state index in [1.165, 1.54) is 25.3 Å². The number of sulfonamides is 1. The minimum atomic E-state index is -4.09. The molecule has 31 heavy (non-hydrogen) atoms. The van der Waals surface area contributed by atoms with Gasteiger partial charge in [0.15, 0.2) is 0 Å². The molecule has 0 atom stereocenters. The van der Waals surface area contributed by atoms with Gasteiger partial charge in [0.25, 0.3) is 10.0 Å². The fourth-order valence-electron chi connectivity index (χ4n) is 3.29. The molecule has 2 aromatic carbocycles. The number of ether oxygens (including phenoxy) is 1. The lowest BCUT2D eigenvalue weighted by Gasteiger charge is -2.34. The Morgan fingerprint density at radius 3 is 2.35 bits per heavy atom. The number of carbonyl (C=O) groups is 2. The van der Waals surface area contributed by atoms with Crippen LogP contribution < -0.4 is 9.04 Å². The maximum absolute atomic E-state index is 13.5. The minimum Gasteiger partial charge on any atom is -0.495 e. The van der Waals surface area contributed by atoms with E-state index in [-0.39, 0.29) is 22.2 Å². The molecular formula is C21H24ClN3O5S. The first kappa shape index (κ1) is 22.9. The maximum Gasteiger partial charge on any atom is 0.264 e. The van der Waals surface area contributed by atoms with Crippen molar-refractivity contribution in [2.45, 2.75) is 11.8 Å². The van der Waals surface area contributed by atoms with E-state index in [0.717, 1.165) is 16.3 Å². The summed E-state index contributed by atoms with van der Waals surface area (Å²) in [7, 11) is -2.67. The SMILES string of the molecule is COc1ccc(Cl)cc1N(CC(=O)N1CCN(C=O)CC1)S(=O)(=O)c1ccc(C)cc1. The third-order valence-corrected chi connectivity index (χ3v) is 7.12. The molecule has 0 aliphatic carbocycles. The van der Waals surface area contributed by atoms with E-state index in [9.17, 15) is 18.0 Å². The predicted octanol–water partition coefficient (Wildman–Crippen LogP) is 2.15. The normalized spacial score (nSPS) is 14.3. The van der Waals surface area contributed by atoms with Crippen LogP contribution in [0, 0.1) is 6.92 Å². The zero-order valence-corrected chi connectivity index (χ0v) is 18.9. The lowest BCUT2D eigenvalue weighted by atomic mass is 10.2. The molecule has 166 valence electrons. The number of aryl methyl sites for hydroxylation is 1. The first-order valence-electron chi connectivity index (χ1n) is 9.66. The Hall–Kier alpha value is -2.78. The Labute approximate surface area is 187 Å². The summed E-state index contributed by atoms with van der Waals surface area (Å²) in [6, 6.07) is 11.0. The van der Waals surface area contributed by atoms with Crippen molar-refractivity contribution < 1.29 is 22.7 Å². The lowest BCUT2D eigenvalue weighted by Crippen LogP contribution is -2.51. The molecule has 0 aromatic heterocycles. The summed E-state index contributed by atoms with van der Waals surface area (Å²) < 4.78 is 33.5. The first-order chi connectivity index (χ1) is 14.8. The number of anilines is 1. The molecule has 10 heteroatoms. The van der Waals surface area contributed by atoms with Crippen molar-refractivity contribution in [1.29, 1.82) is 0 Å². The van der Waals surface area contributed by atoms with Gasteiger partial charge in [-0.3, -0.25) is 13.9 Å². The smallest absolute Gasteiger partial charge is 0.264 e. The van der Waals surface area contributed by atoms with Crippen molar-refractivity contribution >= 4 is 39.6 Å². The second kappa shape index (κ2) is 9.57. The fraction of sp³-hybridized carbons (Fsp3) is 0.333. The van der Waals surface area contributed by atoms with Gasteiger partial charge in [-0.25, -0.2) is 8.42 Å². The summed E-state index contributed by atoms with van der Waals surface area (Å²) >= 11 is 6.14.